The highest BCUT2D eigenvalue weighted by atomic mass is 19.1. The minimum absolute atomic E-state index is 0.156. The SMILES string of the molecule is CC(C)OCCCNC(=O)[C@H]1CN(Cc2ccc(F)cc2)C[C@@]12OCCNC2=O. The molecule has 7 nitrogen and oxygen atoms in total. The van der Waals surface area contributed by atoms with Gasteiger partial charge in [0.1, 0.15) is 5.82 Å². The largest absolute Gasteiger partial charge is 0.379 e. The summed E-state index contributed by atoms with van der Waals surface area (Å²) in [5.41, 5.74) is -0.263. The summed E-state index contributed by atoms with van der Waals surface area (Å²) in [6.45, 7) is 7.06. The van der Waals surface area contributed by atoms with Crippen molar-refractivity contribution in [2.45, 2.75) is 38.5 Å². The first kappa shape index (κ1) is 21.7. The molecule has 8 heteroatoms. The fourth-order valence-corrected chi connectivity index (χ4v) is 3.89. The van der Waals surface area contributed by atoms with Crippen LogP contribution in [-0.2, 0) is 25.6 Å². The van der Waals surface area contributed by atoms with Crippen molar-refractivity contribution in [3.8, 4) is 0 Å². The summed E-state index contributed by atoms with van der Waals surface area (Å²) < 4.78 is 24.6. The molecule has 0 saturated carbocycles. The Balaban J connectivity index is 1.64. The van der Waals surface area contributed by atoms with Crippen LogP contribution in [0.25, 0.3) is 0 Å². The Morgan fingerprint density at radius 1 is 1.41 bits per heavy atom. The number of hydrogen-bond acceptors (Lipinski definition) is 5. The van der Waals surface area contributed by atoms with Gasteiger partial charge in [0.15, 0.2) is 5.60 Å². The van der Waals surface area contributed by atoms with Crippen LogP contribution in [0.5, 0.6) is 0 Å². The average Bonchev–Trinajstić information content (AvgIpc) is 3.04. The van der Waals surface area contributed by atoms with E-state index in [2.05, 4.69) is 10.6 Å². The molecule has 29 heavy (non-hydrogen) atoms. The molecular formula is C21H30FN3O4. The number of likely N-dealkylation sites (tertiary alicyclic amines) is 1. The van der Waals surface area contributed by atoms with Crippen LogP contribution in [0.1, 0.15) is 25.8 Å². The molecule has 3 rings (SSSR count). The van der Waals surface area contributed by atoms with Crippen LogP contribution in [0.2, 0.25) is 0 Å². The molecule has 2 heterocycles. The van der Waals surface area contributed by atoms with Gasteiger partial charge in [0.05, 0.1) is 18.6 Å². The lowest BCUT2D eigenvalue weighted by Crippen LogP contribution is -2.62. The standard InChI is InChI=1S/C21H30FN3O4/c1-15(2)28-10-3-8-23-19(26)18-13-25(12-16-4-6-17(22)7-5-16)14-21(18)20(27)24-9-11-29-21/h4-7,15,18H,3,8-14H2,1-2H3,(H,23,26)(H,24,27)/t18-,21-/m1/s1. The van der Waals surface area contributed by atoms with E-state index >= 15 is 0 Å². The number of carbonyl (C=O) groups is 2. The highest BCUT2D eigenvalue weighted by Crippen LogP contribution is 2.34. The Morgan fingerprint density at radius 2 is 2.17 bits per heavy atom. The van der Waals surface area contributed by atoms with Crippen LogP contribution in [0.4, 0.5) is 4.39 Å². The first-order valence-corrected chi connectivity index (χ1v) is 10.2. The minimum Gasteiger partial charge on any atom is -0.379 e. The van der Waals surface area contributed by atoms with Gasteiger partial charge in [0.2, 0.25) is 5.91 Å². The number of hydrogen-bond donors (Lipinski definition) is 2. The number of benzene rings is 1. The van der Waals surface area contributed by atoms with E-state index in [1.165, 1.54) is 12.1 Å². The Kier molecular flexibility index (Phi) is 7.21. The number of amides is 2. The number of halogens is 1. The maximum absolute atomic E-state index is 13.2. The van der Waals surface area contributed by atoms with E-state index < -0.39 is 11.5 Å². The van der Waals surface area contributed by atoms with E-state index in [-0.39, 0.29) is 23.7 Å². The Hall–Kier alpha value is -2.03. The fourth-order valence-electron chi connectivity index (χ4n) is 3.89. The Morgan fingerprint density at radius 3 is 2.86 bits per heavy atom. The molecule has 0 radical (unpaired) electrons. The van der Waals surface area contributed by atoms with Crippen molar-refractivity contribution in [1.82, 2.24) is 15.5 Å². The summed E-state index contributed by atoms with van der Waals surface area (Å²) in [4.78, 5) is 27.6. The molecular weight excluding hydrogens is 377 g/mol. The summed E-state index contributed by atoms with van der Waals surface area (Å²) in [6, 6.07) is 6.25. The highest BCUT2D eigenvalue weighted by molar-refractivity contribution is 5.94. The predicted molar refractivity (Wildman–Crippen MR) is 106 cm³/mol. The van der Waals surface area contributed by atoms with E-state index in [1.54, 1.807) is 12.1 Å². The van der Waals surface area contributed by atoms with Gasteiger partial charge in [-0.15, -0.1) is 0 Å². The summed E-state index contributed by atoms with van der Waals surface area (Å²) in [6.07, 6.45) is 0.860. The van der Waals surface area contributed by atoms with Gasteiger partial charge >= 0.3 is 0 Å². The maximum Gasteiger partial charge on any atom is 0.254 e. The number of ether oxygens (including phenoxy) is 2. The molecule has 1 aromatic carbocycles. The van der Waals surface area contributed by atoms with Gasteiger partial charge in [0.25, 0.3) is 5.91 Å². The van der Waals surface area contributed by atoms with Crippen molar-refractivity contribution in [3.63, 3.8) is 0 Å². The van der Waals surface area contributed by atoms with Gasteiger partial charge in [-0.05, 0) is 38.0 Å². The molecule has 2 N–H and O–H groups in total. The normalized spacial score (nSPS) is 24.8. The zero-order valence-corrected chi connectivity index (χ0v) is 17.1. The molecule has 0 unspecified atom stereocenters. The highest BCUT2D eigenvalue weighted by Gasteiger charge is 2.57. The third-order valence-corrected chi connectivity index (χ3v) is 5.30. The van der Waals surface area contributed by atoms with Crippen LogP contribution in [0, 0.1) is 11.7 Å². The molecule has 1 spiro atoms. The molecule has 160 valence electrons. The molecule has 1 aromatic rings. The van der Waals surface area contributed by atoms with Crippen molar-refractivity contribution in [3.05, 3.63) is 35.6 Å². The number of nitrogens with zero attached hydrogens (tertiary/aromatic N) is 1. The van der Waals surface area contributed by atoms with Gasteiger partial charge in [-0.3, -0.25) is 14.5 Å². The van der Waals surface area contributed by atoms with Crippen molar-refractivity contribution >= 4 is 11.8 Å². The lowest BCUT2D eigenvalue weighted by atomic mass is 9.87. The molecule has 0 aliphatic carbocycles. The van der Waals surface area contributed by atoms with Gasteiger partial charge in [-0.1, -0.05) is 12.1 Å². The summed E-state index contributed by atoms with van der Waals surface area (Å²) in [7, 11) is 0. The number of nitrogens with one attached hydrogen (secondary N) is 2. The van der Waals surface area contributed by atoms with E-state index in [0.717, 1.165) is 5.56 Å². The van der Waals surface area contributed by atoms with Crippen LogP contribution >= 0.6 is 0 Å². The van der Waals surface area contributed by atoms with Crippen LogP contribution in [0.15, 0.2) is 24.3 Å². The number of rotatable bonds is 8. The second-order valence-electron chi connectivity index (χ2n) is 7.91. The molecule has 2 fully saturated rings. The van der Waals surface area contributed by atoms with Crippen LogP contribution in [0.3, 0.4) is 0 Å². The topological polar surface area (TPSA) is 79.9 Å². The van der Waals surface area contributed by atoms with Gasteiger partial charge in [-0.25, -0.2) is 4.39 Å². The number of morpholine rings is 1. The Labute approximate surface area is 170 Å². The quantitative estimate of drug-likeness (QED) is 0.631. The lowest BCUT2D eigenvalue weighted by Gasteiger charge is -2.36. The third kappa shape index (κ3) is 5.32. The second kappa shape index (κ2) is 9.65. The molecule has 2 atom stereocenters. The average molecular weight is 407 g/mol. The van der Waals surface area contributed by atoms with Crippen molar-refractivity contribution in [1.29, 1.82) is 0 Å². The zero-order chi connectivity index (χ0) is 20.9. The van der Waals surface area contributed by atoms with Gasteiger partial charge in [0, 0.05) is 39.3 Å². The second-order valence-corrected chi connectivity index (χ2v) is 7.91. The molecule has 2 aliphatic heterocycles. The van der Waals surface area contributed by atoms with Crippen molar-refractivity contribution in [2.75, 3.05) is 39.4 Å². The predicted octanol–water partition coefficient (Wildman–Crippen LogP) is 1.07. The first-order valence-electron chi connectivity index (χ1n) is 10.2. The van der Waals surface area contributed by atoms with Crippen molar-refractivity contribution < 1.29 is 23.5 Å². The minimum atomic E-state index is -1.18. The maximum atomic E-state index is 13.2. The fraction of sp³-hybridized carbons (Fsp3) is 0.619. The Bertz CT molecular complexity index is 712. The van der Waals surface area contributed by atoms with E-state index in [9.17, 15) is 14.0 Å². The zero-order valence-electron chi connectivity index (χ0n) is 17.1. The summed E-state index contributed by atoms with van der Waals surface area (Å²) >= 11 is 0. The molecule has 0 aromatic heterocycles. The lowest BCUT2D eigenvalue weighted by molar-refractivity contribution is -0.163. The van der Waals surface area contributed by atoms with E-state index in [0.29, 0.717) is 52.4 Å². The van der Waals surface area contributed by atoms with Gasteiger partial charge < -0.3 is 20.1 Å². The molecule has 2 saturated heterocycles. The van der Waals surface area contributed by atoms with E-state index in [1.807, 2.05) is 18.7 Å². The van der Waals surface area contributed by atoms with Crippen LogP contribution in [-0.4, -0.2) is 67.8 Å². The smallest absolute Gasteiger partial charge is 0.254 e. The van der Waals surface area contributed by atoms with E-state index in [4.69, 9.17) is 9.47 Å². The molecule has 2 amide bonds. The summed E-state index contributed by atoms with van der Waals surface area (Å²) in [5.74, 6) is -1.32. The molecule has 0 bridgehead atoms. The number of carbonyl (C=O) groups excluding carboxylic acids is 2. The first-order chi connectivity index (χ1) is 13.9. The third-order valence-electron chi connectivity index (χ3n) is 5.30. The van der Waals surface area contributed by atoms with Crippen molar-refractivity contribution in [2.24, 2.45) is 5.92 Å². The summed E-state index contributed by atoms with van der Waals surface area (Å²) in [5, 5.41) is 5.77. The monoisotopic (exact) mass is 407 g/mol. The van der Waals surface area contributed by atoms with Gasteiger partial charge in [-0.2, -0.15) is 0 Å². The molecule has 2 aliphatic rings. The van der Waals surface area contributed by atoms with Crippen LogP contribution < -0.4 is 10.6 Å².